The van der Waals surface area contributed by atoms with Crippen LogP contribution in [0.25, 0.3) is 0 Å². The average molecular weight is 255 g/mol. The first-order valence-corrected chi connectivity index (χ1v) is 6.13. The Morgan fingerprint density at radius 3 is 2.94 bits per heavy atom. The molecule has 1 aromatic heterocycles. The monoisotopic (exact) mass is 254 g/mol. The zero-order chi connectivity index (χ0) is 12.1. The van der Waals surface area contributed by atoms with Gasteiger partial charge in [-0.05, 0) is 18.9 Å². The molecule has 1 aliphatic rings. The fourth-order valence-corrected chi connectivity index (χ4v) is 2.07. The zero-order valence-corrected chi connectivity index (χ0v) is 10.2. The summed E-state index contributed by atoms with van der Waals surface area (Å²) in [6.07, 6.45) is 6.31. The Labute approximate surface area is 105 Å². The van der Waals surface area contributed by atoms with Crippen LogP contribution in [0.2, 0.25) is 5.15 Å². The molecule has 0 aromatic carbocycles. The van der Waals surface area contributed by atoms with Gasteiger partial charge >= 0.3 is 0 Å². The van der Waals surface area contributed by atoms with Crippen LogP contribution < -0.4 is 10.6 Å². The van der Waals surface area contributed by atoms with E-state index in [-0.39, 0.29) is 11.9 Å². The van der Waals surface area contributed by atoms with Crippen molar-refractivity contribution >= 4 is 23.5 Å². The van der Waals surface area contributed by atoms with Crippen molar-refractivity contribution in [1.82, 2.24) is 15.3 Å². The first-order chi connectivity index (χ1) is 8.24. The van der Waals surface area contributed by atoms with Gasteiger partial charge < -0.3 is 5.32 Å². The van der Waals surface area contributed by atoms with Gasteiger partial charge in [0.25, 0.3) is 0 Å². The van der Waals surface area contributed by atoms with Gasteiger partial charge in [0.2, 0.25) is 11.9 Å². The fourth-order valence-electron chi connectivity index (χ4n) is 1.93. The Morgan fingerprint density at radius 1 is 1.47 bits per heavy atom. The molecule has 2 N–H and O–H groups in total. The van der Waals surface area contributed by atoms with Gasteiger partial charge in [-0.1, -0.05) is 24.4 Å². The van der Waals surface area contributed by atoms with E-state index < -0.39 is 0 Å². The number of rotatable bonds is 4. The molecule has 1 heterocycles. The van der Waals surface area contributed by atoms with Gasteiger partial charge in [-0.2, -0.15) is 0 Å². The third-order valence-electron chi connectivity index (χ3n) is 2.78. The minimum Gasteiger partial charge on any atom is -0.306 e. The van der Waals surface area contributed by atoms with Crippen molar-refractivity contribution in [3.8, 4) is 0 Å². The van der Waals surface area contributed by atoms with E-state index in [1.165, 1.54) is 19.0 Å². The van der Waals surface area contributed by atoms with Crippen molar-refractivity contribution in [2.45, 2.75) is 31.7 Å². The van der Waals surface area contributed by atoms with Crippen molar-refractivity contribution in [3.05, 3.63) is 17.4 Å². The normalized spacial score (nSPS) is 16.1. The van der Waals surface area contributed by atoms with E-state index >= 15 is 0 Å². The molecule has 5 nitrogen and oxygen atoms in total. The summed E-state index contributed by atoms with van der Waals surface area (Å²) in [5, 5.41) is 6.13. The summed E-state index contributed by atoms with van der Waals surface area (Å²) in [4.78, 5) is 19.4. The zero-order valence-electron chi connectivity index (χ0n) is 9.45. The van der Waals surface area contributed by atoms with E-state index in [2.05, 4.69) is 20.6 Å². The second-order valence-corrected chi connectivity index (χ2v) is 4.50. The summed E-state index contributed by atoms with van der Waals surface area (Å²) < 4.78 is 0. The molecule has 1 amide bonds. The van der Waals surface area contributed by atoms with Crippen LogP contribution in [0, 0.1) is 0 Å². The highest BCUT2D eigenvalue weighted by atomic mass is 35.5. The van der Waals surface area contributed by atoms with E-state index in [0.29, 0.717) is 17.7 Å². The van der Waals surface area contributed by atoms with Gasteiger partial charge in [-0.15, -0.1) is 0 Å². The number of hydrogen-bond acceptors (Lipinski definition) is 4. The molecular formula is C11H15ClN4O. The molecule has 1 aliphatic carbocycles. The van der Waals surface area contributed by atoms with Crippen LogP contribution in [0.4, 0.5) is 5.95 Å². The van der Waals surface area contributed by atoms with Crippen molar-refractivity contribution in [3.63, 3.8) is 0 Å². The van der Waals surface area contributed by atoms with Crippen LogP contribution in [0.3, 0.4) is 0 Å². The molecule has 2 rings (SSSR count). The molecule has 92 valence electrons. The van der Waals surface area contributed by atoms with Gasteiger partial charge in [0, 0.05) is 12.2 Å². The Morgan fingerprint density at radius 2 is 2.24 bits per heavy atom. The molecular weight excluding hydrogens is 240 g/mol. The smallest absolute Gasteiger partial charge is 0.240 e. The average Bonchev–Trinajstić information content (AvgIpc) is 2.79. The number of nitrogens with one attached hydrogen (secondary N) is 2. The molecule has 1 saturated carbocycles. The van der Waals surface area contributed by atoms with Crippen LogP contribution >= 0.6 is 11.6 Å². The van der Waals surface area contributed by atoms with Crippen LogP contribution in [0.15, 0.2) is 12.3 Å². The summed E-state index contributed by atoms with van der Waals surface area (Å²) >= 11 is 5.69. The summed E-state index contributed by atoms with van der Waals surface area (Å²) in [7, 11) is 0. The molecule has 0 aliphatic heterocycles. The van der Waals surface area contributed by atoms with E-state index in [9.17, 15) is 4.79 Å². The quantitative estimate of drug-likeness (QED) is 0.801. The number of aromatic nitrogens is 2. The number of nitrogens with zero attached hydrogens (tertiary/aromatic N) is 2. The molecule has 0 saturated heterocycles. The molecule has 1 fully saturated rings. The predicted octanol–water partition coefficient (Wildman–Crippen LogP) is 1.60. The molecule has 0 radical (unpaired) electrons. The Bertz CT molecular complexity index is 393. The molecule has 0 unspecified atom stereocenters. The van der Waals surface area contributed by atoms with Crippen molar-refractivity contribution in [2.24, 2.45) is 0 Å². The Hall–Kier alpha value is -1.20. The summed E-state index contributed by atoms with van der Waals surface area (Å²) in [5.74, 6) is 0.106. The number of anilines is 1. The van der Waals surface area contributed by atoms with Gasteiger partial charge in [0.1, 0.15) is 5.15 Å². The molecule has 0 atom stereocenters. The first-order valence-electron chi connectivity index (χ1n) is 5.76. The van der Waals surface area contributed by atoms with Crippen molar-refractivity contribution in [1.29, 1.82) is 0 Å². The lowest BCUT2D eigenvalue weighted by atomic mass is 10.2. The highest BCUT2D eigenvalue weighted by Crippen LogP contribution is 2.17. The van der Waals surface area contributed by atoms with Crippen LogP contribution in [-0.2, 0) is 4.79 Å². The Kier molecular flexibility index (Phi) is 4.28. The molecule has 0 bridgehead atoms. The van der Waals surface area contributed by atoms with E-state index in [1.807, 2.05) is 0 Å². The van der Waals surface area contributed by atoms with Gasteiger partial charge in [-0.3, -0.25) is 10.1 Å². The number of hydrogen-bond donors (Lipinski definition) is 2. The van der Waals surface area contributed by atoms with Gasteiger partial charge in [0.05, 0.1) is 6.54 Å². The molecule has 0 spiro atoms. The molecule has 6 heteroatoms. The second kappa shape index (κ2) is 5.93. The minimum absolute atomic E-state index is 0.140. The number of halogens is 1. The van der Waals surface area contributed by atoms with E-state index in [1.54, 1.807) is 6.07 Å². The third-order valence-corrected chi connectivity index (χ3v) is 2.99. The summed E-state index contributed by atoms with van der Waals surface area (Å²) in [6, 6.07) is 2.04. The molecule has 17 heavy (non-hydrogen) atoms. The molecule has 1 aromatic rings. The Balaban J connectivity index is 1.76. The maximum absolute atomic E-state index is 11.6. The lowest BCUT2D eigenvalue weighted by Gasteiger charge is -2.10. The van der Waals surface area contributed by atoms with Crippen LogP contribution in [0.5, 0.6) is 0 Å². The maximum Gasteiger partial charge on any atom is 0.240 e. The first kappa shape index (κ1) is 12.3. The topological polar surface area (TPSA) is 66.9 Å². The van der Waals surface area contributed by atoms with Gasteiger partial charge in [-0.25, -0.2) is 9.97 Å². The lowest BCUT2D eigenvalue weighted by Crippen LogP contribution is -2.34. The standard InChI is InChI=1S/C11H15ClN4O/c12-9-5-6-13-11(15-9)16-10(17)7-14-8-3-1-2-4-8/h5-6,8,14H,1-4,7H2,(H,13,15,16,17). The lowest BCUT2D eigenvalue weighted by molar-refractivity contribution is -0.115. The summed E-state index contributed by atoms with van der Waals surface area (Å²) in [5.41, 5.74) is 0. The highest BCUT2D eigenvalue weighted by molar-refractivity contribution is 6.29. The van der Waals surface area contributed by atoms with Crippen molar-refractivity contribution in [2.75, 3.05) is 11.9 Å². The van der Waals surface area contributed by atoms with Gasteiger partial charge in [0.15, 0.2) is 0 Å². The van der Waals surface area contributed by atoms with E-state index in [4.69, 9.17) is 11.6 Å². The van der Waals surface area contributed by atoms with Crippen LogP contribution in [-0.4, -0.2) is 28.5 Å². The second-order valence-electron chi connectivity index (χ2n) is 4.11. The maximum atomic E-state index is 11.6. The minimum atomic E-state index is -0.140. The third kappa shape index (κ3) is 3.94. The number of amides is 1. The SMILES string of the molecule is O=C(CNC1CCCC1)Nc1nccc(Cl)n1. The highest BCUT2D eigenvalue weighted by Gasteiger charge is 2.15. The number of carbonyl (C=O) groups is 1. The van der Waals surface area contributed by atoms with Crippen molar-refractivity contribution < 1.29 is 4.79 Å². The predicted molar refractivity (Wildman–Crippen MR) is 65.9 cm³/mol. The fraction of sp³-hybridized carbons (Fsp3) is 0.545. The number of carbonyl (C=O) groups excluding carboxylic acids is 1. The van der Waals surface area contributed by atoms with E-state index in [0.717, 1.165) is 12.8 Å². The van der Waals surface area contributed by atoms with Crippen LogP contribution in [0.1, 0.15) is 25.7 Å². The largest absolute Gasteiger partial charge is 0.306 e. The summed E-state index contributed by atoms with van der Waals surface area (Å²) in [6.45, 7) is 0.292.